The van der Waals surface area contributed by atoms with Gasteiger partial charge in [0.15, 0.2) is 5.82 Å². The third-order valence-electron chi connectivity index (χ3n) is 2.53. The van der Waals surface area contributed by atoms with E-state index in [4.69, 9.17) is 17.3 Å². The molecular formula is C13H8BrClF2N2O. The first-order valence-electron chi connectivity index (χ1n) is 5.40. The van der Waals surface area contributed by atoms with Crippen molar-refractivity contribution in [2.24, 2.45) is 0 Å². The molecule has 0 fully saturated rings. The van der Waals surface area contributed by atoms with Gasteiger partial charge in [0, 0.05) is 4.47 Å². The number of benzene rings is 2. The minimum absolute atomic E-state index is 0.234. The van der Waals surface area contributed by atoms with Crippen molar-refractivity contribution in [2.75, 3.05) is 11.1 Å². The fraction of sp³-hybridized carbons (Fsp3) is 0. The number of amides is 1. The van der Waals surface area contributed by atoms with Gasteiger partial charge in [-0.05, 0) is 30.3 Å². The van der Waals surface area contributed by atoms with E-state index < -0.39 is 23.1 Å². The Morgan fingerprint density at radius 3 is 2.60 bits per heavy atom. The van der Waals surface area contributed by atoms with Gasteiger partial charge >= 0.3 is 0 Å². The number of nitrogens with two attached hydrogens (primary N) is 1. The van der Waals surface area contributed by atoms with Gasteiger partial charge in [0.2, 0.25) is 0 Å². The quantitative estimate of drug-likeness (QED) is 0.787. The zero-order chi connectivity index (χ0) is 14.9. The summed E-state index contributed by atoms with van der Waals surface area (Å²) < 4.78 is 28.0. The lowest BCUT2D eigenvalue weighted by atomic mass is 10.1. The molecule has 104 valence electrons. The number of halogens is 4. The Morgan fingerprint density at radius 1 is 1.25 bits per heavy atom. The van der Waals surface area contributed by atoms with Gasteiger partial charge in [-0.15, -0.1) is 0 Å². The third-order valence-corrected chi connectivity index (χ3v) is 3.33. The summed E-state index contributed by atoms with van der Waals surface area (Å²) >= 11 is 9.12. The summed E-state index contributed by atoms with van der Waals surface area (Å²) in [5.41, 5.74) is 4.50. The molecule has 20 heavy (non-hydrogen) atoms. The summed E-state index contributed by atoms with van der Waals surface area (Å²) in [6, 6.07) is 6.66. The molecule has 0 atom stereocenters. The van der Waals surface area contributed by atoms with Crippen LogP contribution in [0.4, 0.5) is 20.2 Å². The summed E-state index contributed by atoms with van der Waals surface area (Å²) in [5, 5.41) is 2.57. The molecule has 2 aromatic rings. The standard InChI is InChI=1S/C13H8BrClF2N2O/c14-6-1-4-10(7(15)5-6)19-13(20)11-8(16)2-3-9(18)12(11)17/h1-5H,18H2,(H,19,20). The summed E-state index contributed by atoms with van der Waals surface area (Å²) in [7, 11) is 0. The molecule has 2 rings (SSSR count). The highest BCUT2D eigenvalue weighted by atomic mass is 79.9. The molecule has 0 aliphatic carbocycles. The topological polar surface area (TPSA) is 55.1 Å². The number of carbonyl (C=O) groups is 1. The van der Waals surface area contributed by atoms with Gasteiger partial charge in [0.1, 0.15) is 11.4 Å². The molecule has 0 radical (unpaired) electrons. The molecular weight excluding hydrogens is 354 g/mol. The summed E-state index contributed by atoms with van der Waals surface area (Å²) in [5.74, 6) is -3.06. The molecule has 0 saturated carbocycles. The molecule has 7 heteroatoms. The van der Waals surface area contributed by atoms with E-state index in [2.05, 4.69) is 21.2 Å². The SMILES string of the molecule is Nc1ccc(F)c(C(=O)Nc2ccc(Br)cc2Cl)c1F. The normalized spacial score (nSPS) is 10.4. The van der Waals surface area contributed by atoms with Crippen molar-refractivity contribution in [3.63, 3.8) is 0 Å². The van der Waals surface area contributed by atoms with Crippen molar-refractivity contribution in [3.05, 3.63) is 57.0 Å². The van der Waals surface area contributed by atoms with Crippen LogP contribution in [0.25, 0.3) is 0 Å². The Morgan fingerprint density at radius 2 is 1.95 bits per heavy atom. The van der Waals surface area contributed by atoms with Gasteiger partial charge in [0.05, 0.1) is 16.4 Å². The van der Waals surface area contributed by atoms with Crippen molar-refractivity contribution in [2.45, 2.75) is 0 Å². The van der Waals surface area contributed by atoms with Crippen LogP contribution in [-0.4, -0.2) is 5.91 Å². The lowest BCUT2D eigenvalue weighted by Gasteiger charge is -2.10. The van der Waals surface area contributed by atoms with Crippen LogP contribution >= 0.6 is 27.5 Å². The second-order valence-electron chi connectivity index (χ2n) is 3.90. The van der Waals surface area contributed by atoms with E-state index in [9.17, 15) is 13.6 Å². The van der Waals surface area contributed by atoms with Crippen LogP contribution in [0, 0.1) is 11.6 Å². The zero-order valence-electron chi connectivity index (χ0n) is 9.88. The molecule has 0 aliphatic heterocycles. The average Bonchev–Trinajstić information content (AvgIpc) is 2.38. The Labute approximate surface area is 126 Å². The van der Waals surface area contributed by atoms with Crippen LogP contribution in [0.1, 0.15) is 10.4 Å². The summed E-state index contributed by atoms with van der Waals surface area (Å²) in [6.07, 6.45) is 0. The number of nitrogens with one attached hydrogen (secondary N) is 1. The second kappa shape index (κ2) is 5.76. The molecule has 0 unspecified atom stereocenters. The first-order valence-corrected chi connectivity index (χ1v) is 6.57. The smallest absolute Gasteiger partial charge is 0.261 e. The predicted octanol–water partition coefficient (Wildman–Crippen LogP) is 4.22. The maximum absolute atomic E-state index is 13.7. The van der Waals surface area contributed by atoms with Crippen LogP contribution < -0.4 is 11.1 Å². The van der Waals surface area contributed by atoms with Crippen LogP contribution in [0.3, 0.4) is 0 Å². The van der Waals surface area contributed by atoms with E-state index in [1.54, 1.807) is 12.1 Å². The van der Waals surface area contributed by atoms with Crippen molar-refractivity contribution < 1.29 is 13.6 Å². The number of anilines is 2. The van der Waals surface area contributed by atoms with E-state index >= 15 is 0 Å². The lowest BCUT2D eigenvalue weighted by Crippen LogP contribution is -2.17. The molecule has 0 heterocycles. The molecule has 0 aromatic heterocycles. The van der Waals surface area contributed by atoms with Crippen molar-refractivity contribution >= 4 is 44.8 Å². The molecule has 0 aliphatic rings. The predicted molar refractivity (Wildman–Crippen MR) is 77.9 cm³/mol. The first kappa shape index (κ1) is 14.7. The van der Waals surface area contributed by atoms with Crippen LogP contribution in [0.2, 0.25) is 5.02 Å². The molecule has 0 spiro atoms. The molecule has 1 amide bonds. The van der Waals surface area contributed by atoms with Gasteiger partial charge in [0.25, 0.3) is 5.91 Å². The van der Waals surface area contributed by atoms with Gasteiger partial charge in [-0.25, -0.2) is 8.78 Å². The minimum Gasteiger partial charge on any atom is -0.396 e. The molecule has 3 nitrogen and oxygen atoms in total. The average molecular weight is 362 g/mol. The highest BCUT2D eigenvalue weighted by molar-refractivity contribution is 9.10. The van der Waals surface area contributed by atoms with Crippen LogP contribution in [-0.2, 0) is 0 Å². The summed E-state index contributed by atoms with van der Waals surface area (Å²) in [4.78, 5) is 11.9. The van der Waals surface area contributed by atoms with E-state index in [-0.39, 0.29) is 16.4 Å². The highest BCUT2D eigenvalue weighted by Crippen LogP contribution is 2.27. The molecule has 0 saturated heterocycles. The van der Waals surface area contributed by atoms with E-state index in [1.807, 2.05) is 0 Å². The minimum atomic E-state index is -1.10. The molecule has 0 bridgehead atoms. The largest absolute Gasteiger partial charge is 0.396 e. The monoisotopic (exact) mass is 360 g/mol. The number of hydrogen-bond donors (Lipinski definition) is 2. The Kier molecular flexibility index (Phi) is 4.25. The highest BCUT2D eigenvalue weighted by Gasteiger charge is 2.20. The number of hydrogen-bond acceptors (Lipinski definition) is 2. The van der Waals surface area contributed by atoms with Crippen molar-refractivity contribution in [1.29, 1.82) is 0 Å². The van der Waals surface area contributed by atoms with Crippen LogP contribution in [0.15, 0.2) is 34.8 Å². The fourth-order valence-corrected chi connectivity index (χ4v) is 2.27. The Hall–Kier alpha value is -1.66. The molecule has 2 aromatic carbocycles. The van der Waals surface area contributed by atoms with Gasteiger partial charge < -0.3 is 11.1 Å². The Balaban J connectivity index is 2.36. The van der Waals surface area contributed by atoms with E-state index in [0.29, 0.717) is 4.47 Å². The Bertz CT molecular complexity index is 694. The maximum Gasteiger partial charge on any atom is 0.261 e. The summed E-state index contributed by atoms with van der Waals surface area (Å²) in [6.45, 7) is 0. The fourth-order valence-electron chi connectivity index (χ4n) is 1.55. The van der Waals surface area contributed by atoms with E-state index in [1.165, 1.54) is 6.07 Å². The van der Waals surface area contributed by atoms with Gasteiger partial charge in [-0.3, -0.25) is 4.79 Å². The first-order chi connectivity index (χ1) is 9.40. The van der Waals surface area contributed by atoms with Crippen LogP contribution in [0.5, 0.6) is 0 Å². The maximum atomic E-state index is 13.7. The number of nitrogen functional groups attached to an aromatic ring is 1. The number of rotatable bonds is 2. The van der Waals surface area contributed by atoms with Gasteiger partial charge in [-0.1, -0.05) is 27.5 Å². The third kappa shape index (κ3) is 2.91. The molecule has 3 N–H and O–H groups in total. The lowest BCUT2D eigenvalue weighted by molar-refractivity contribution is 0.101. The van der Waals surface area contributed by atoms with Crippen molar-refractivity contribution in [1.82, 2.24) is 0 Å². The number of carbonyl (C=O) groups excluding carboxylic acids is 1. The zero-order valence-corrected chi connectivity index (χ0v) is 12.2. The van der Waals surface area contributed by atoms with Crippen molar-refractivity contribution in [3.8, 4) is 0 Å². The van der Waals surface area contributed by atoms with Gasteiger partial charge in [-0.2, -0.15) is 0 Å². The second-order valence-corrected chi connectivity index (χ2v) is 5.23. The van der Waals surface area contributed by atoms with E-state index in [0.717, 1.165) is 12.1 Å².